The van der Waals surface area contributed by atoms with Gasteiger partial charge in [-0.3, -0.25) is 19.5 Å². The van der Waals surface area contributed by atoms with Crippen LogP contribution in [-0.2, 0) is 33.9 Å². The molecule has 3 aromatic carbocycles. The fraction of sp³-hybridized carbons (Fsp3) is 0.519. The average molecular weight is 1030 g/mol. The quantitative estimate of drug-likeness (QED) is 0.0317. The van der Waals surface area contributed by atoms with E-state index in [-0.39, 0.29) is 61.6 Å². The third-order valence-electron chi connectivity index (χ3n) is 13.3. The molecule has 0 bridgehead atoms. The highest BCUT2D eigenvalue weighted by Gasteiger charge is 2.46. The van der Waals surface area contributed by atoms with Gasteiger partial charge in [-0.15, -0.1) is 0 Å². The van der Waals surface area contributed by atoms with E-state index in [9.17, 15) is 14.4 Å². The number of benzene rings is 3. The molecular weight excluding hydrogens is 952 g/mol. The second-order valence-corrected chi connectivity index (χ2v) is 21.4. The lowest BCUT2D eigenvalue weighted by Crippen LogP contribution is -2.45. The number of rotatable bonds is 23. The zero-order valence-corrected chi connectivity index (χ0v) is 44.7. The molecule has 2 amide bonds. The summed E-state index contributed by atoms with van der Waals surface area (Å²) in [4.78, 5) is 50.3. The van der Waals surface area contributed by atoms with Crippen LogP contribution in [0.5, 0.6) is 11.5 Å². The molecule has 18 nitrogen and oxygen atoms in total. The van der Waals surface area contributed by atoms with E-state index < -0.39 is 50.5 Å². The highest BCUT2D eigenvalue weighted by Crippen LogP contribution is 2.54. The lowest BCUT2D eigenvalue weighted by molar-refractivity contribution is -0.153. The number of nitrogens with one attached hydrogen (secondary N) is 2. The maximum atomic E-state index is 13.5. The predicted octanol–water partition coefficient (Wildman–Crippen LogP) is 9.83. The minimum atomic E-state index is -1.35. The summed E-state index contributed by atoms with van der Waals surface area (Å²) < 4.78 is 45.8. The number of methoxy groups -OCH3 is 2. The molecule has 1 saturated heterocycles. The highest BCUT2D eigenvalue weighted by molar-refractivity contribution is 7.47. The summed E-state index contributed by atoms with van der Waals surface area (Å²) in [6.07, 6.45) is 3.31. The Morgan fingerprint density at radius 2 is 1.33 bits per heavy atom. The Bertz CT molecular complexity index is 2490. The van der Waals surface area contributed by atoms with E-state index in [1.165, 1.54) is 6.33 Å². The lowest BCUT2D eigenvalue weighted by Gasteiger charge is -2.47. The minimum Gasteiger partial charge on any atom is -0.497 e. The first-order valence-corrected chi connectivity index (χ1v) is 26.5. The van der Waals surface area contributed by atoms with E-state index in [2.05, 4.69) is 97.5 Å². The first-order valence-electron chi connectivity index (χ1n) is 25.4. The number of aliphatic carboxylic acids is 1. The number of ether oxygens (including phenoxy) is 5. The Balaban J connectivity index is 1.20. The van der Waals surface area contributed by atoms with Crippen molar-refractivity contribution in [1.29, 1.82) is 0 Å². The van der Waals surface area contributed by atoms with Crippen molar-refractivity contribution in [3.63, 3.8) is 0 Å². The van der Waals surface area contributed by atoms with Gasteiger partial charge in [0.15, 0.2) is 25.4 Å². The fourth-order valence-electron chi connectivity index (χ4n) is 10.0. The Labute approximate surface area is 430 Å². The van der Waals surface area contributed by atoms with Gasteiger partial charge in [-0.05, 0) is 122 Å². The molecule has 0 spiro atoms. The molecule has 1 aliphatic carbocycles. The van der Waals surface area contributed by atoms with Crippen molar-refractivity contribution >= 4 is 43.4 Å². The molecule has 73 heavy (non-hydrogen) atoms. The van der Waals surface area contributed by atoms with E-state index in [0.29, 0.717) is 43.3 Å². The number of urea groups is 1. The number of aromatic nitrogens is 4. The number of hydrogen-bond donors (Lipinski definition) is 3. The number of anilines is 1. The molecule has 19 heteroatoms. The molecule has 0 radical (unpaired) electrons. The largest absolute Gasteiger partial charge is 0.497 e. The summed E-state index contributed by atoms with van der Waals surface area (Å²) in [5.41, 5.74) is 2.43. The van der Waals surface area contributed by atoms with Gasteiger partial charge in [0.1, 0.15) is 41.9 Å². The van der Waals surface area contributed by atoms with Crippen molar-refractivity contribution in [1.82, 2.24) is 34.2 Å². The van der Waals surface area contributed by atoms with Crippen LogP contribution in [0.1, 0.15) is 123 Å². The zero-order valence-electron chi connectivity index (χ0n) is 43.8. The van der Waals surface area contributed by atoms with Gasteiger partial charge in [-0.25, -0.2) is 29.1 Å². The molecular formula is C54H73N8O10P. The number of carboxylic acid groups (broad SMARTS) is 1. The number of imidazole rings is 1. The number of carbonyl (C=O) groups is 3. The summed E-state index contributed by atoms with van der Waals surface area (Å²) in [7, 11) is 1.95. The van der Waals surface area contributed by atoms with Crippen molar-refractivity contribution < 1.29 is 47.7 Å². The number of hydrogen-bond acceptors (Lipinski definition) is 14. The topological polar surface area (TPSA) is 201 Å². The SMILES string of the molecule is COc1ccc(C(OC[C@H]2O[C@@H](n3cnc4c(NC(=O)NC5CCC(OC(=O)CCC(=O)O)CC5)ncnc43)C[C@@H]2OP(N(C(C)C)C(C)C)N(C(C)C)C(C)C)(c2ccccc2)c2ccc(OC)cc2)cc1. The molecule has 3 N–H and O–H groups in total. The van der Waals surface area contributed by atoms with Crippen molar-refractivity contribution in [2.75, 3.05) is 26.1 Å². The first-order chi connectivity index (χ1) is 35.0. The molecule has 2 aromatic heterocycles. The van der Waals surface area contributed by atoms with Gasteiger partial charge in [0.05, 0.1) is 46.1 Å². The predicted molar refractivity (Wildman–Crippen MR) is 279 cm³/mol. The summed E-state index contributed by atoms with van der Waals surface area (Å²) in [5.74, 6) is 0.0902. The summed E-state index contributed by atoms with van der Waals surface area (Å²) in [6.45, 7) is 17.8. The Morgan fingerprint density at radius 3 is 1.86 bits per heavy atom. The van der Waals surface area contributed by atoms with E-state index in [1.807, 2.05) is 71.3 Å². The first kappa shape index (κ1) is 55.0. The van der Waals surface area contributed by atoms with Crippen LogP contribution < -0.4 is 20.1 Å². The summed E-state index contributed by atoms with van der Waals surface area (Å²) >= 11 is 0. The summed E-state index contributed by atoms with van der Waals surface area (Å²) in [5, 5.41) is 14.8. The van der Waals surface area contributed by atoms with Gasteiger partial charge in [0.25, 0.3) is 0 Å². The third-order valence-corrected chi connectivity index (χ3v) is 16.4. The maximum absolute atomic E-state index is 13.5. The van der Waals surface area contributed by atoms with E-state index in [1.54, 1.807) is 20.5 Å². The van der Waals surface area contributed by atoms with E-state index in [0.717, 1.165) is 28.2 Å². The number of carboxylic acids is 1. The van der Waals surface area contributed by atoms with Gasteiger partial charge in [0, 0.05) is 36.6 Å². The monoisotopic (exact) mass is 1020 g/mol. The van der Waals surface area contributed by atoms with E-state index >= 15 is 0 Å². The molecule has 0 unspecified atom stereocenters. The Kier molecular flexibility index (Phi) is 18.8. The molecule has 5 aromatic rings. The third kappa shape index (κ3) is 13.1. The van der Waals surface area contributed by atoms with Gasteiger partial charge >= 0.3 is 18.0 Å². The highest BCUT2D eigenvalue weighted by atomic mass is 31.2. The molecule has 394 valence electrons. The zero-order chi connectivity index (χ0) is 52.4. The molecule has 3 atom stereocenters. The standard InChI is InChI=1S/C54H73N8O10P/c1-34(2)61(35(3)4)73(62(36(5)6)37(7)8)72-45-30-47(60-33-57-50-51(55-32-56-52(50)60)59-53(66)58-41-20-26-44(27-21-41)70-49(65)29-28-48(63)64)71-46(45)31-69-54(38-14-12-11-13-15-38,39-16-22-42(67-9)23-17-39)40-18-24-43(68-10)25-19-40/h11-19,22-25,32-37,41,44-47H,20-21,26-31H2,1-10H3,(H,63,64)(H2,55,56,58,59,66)/t41?,44?,45-,46+,47+/m0/s1. The molecule has 3 heterocycles. The van der Waals surface area contributed by atoms with Crippen LogP contribution in [-0.4, -0.2) is 121 Å². The van der Waals surface area contributed by atoms with Crippen molar-refractivity contribution in [2.24, 2.45) is 0 Å². The fourth-order valence-corrected chi connectivity index (χ4v) is 12.5. The van der Waals surface area contributed by atoms with Crippen LogP contribution in [0.15, 0.2) is 91.5 Å². The smallest absolute Gasteiger partial charge is 0.320 e. The number of carbonyl (C=O) groups excluding carboxylic acids is 2. The van der Waals surface area contributed by atoms with Crippen LogP contribution in [0.2, 0.25) is 0 Å². The van der Waals surface area contributed by atoms with Crippen molar-refractivity contribution in [3.05, 3.63) is 108 Å². The summed E-state index contributed by atoms with van der Waals surface area (Å²) in [6, 6.07) is 26.2. The van der Waals surface area contributed by atoms with Crippen LogP contribution in [0.3, 0.4) is 0 Å². The van der Waals surface area contributed by atoms with Gasteiger partial charge in [0.2, 0.25) is 0 Å². The van der Waals surface area contributed by atoms with Crippen molar-refractivity contribution in [3.8, 4) is 11.5 Å². The number of nitrogens with zero attached hydrogens (tertiary/aromatic N) is 6. The maximum Gasteiger partial charge on any atom is 0.320 e. The van der Waals surface area contributed by atoms with Crippen LogP contribution in [0, 0.1) is 0 Å². The lowest BCUT2D eigenvalue weighted by atomic mass is 9.80. The second-order valence-electron chi connectivity index (χ2n) is 19.7. The van der Waals surface area contributed by atoms with Crippen LogP contribution in [0.4, 0.5) is 10.6 Å². The second kappa shape index (κ2) is 25.0. The van der Waals surface area contributed by atoms with Gasteiger partial charge in [-0.2, -0.15) is 0 Å². The van der Waals surface area contributed by atoms with Crippen molar-refractivity contribution in [2.45, 2.75) is 161 Å². The number of fused-ring (bicyclic) bond motifs is 1. The molecule has 2 aliphatic rings. The minimum absolute atomic E-state index is 0.119. The van der Waals surface area contributed by atoms with Gasteiger partial charge in [-0.1, -0.05) is 54.6 Å². The van der Waals surface area contributed by atoms with Crippen LogP contribution in [0.25, 0.3) is 11.2 Å². The Hall–Kier alpha value is -5.75. The normalized spacial score (nSPS) is 19.4. The molecule has 1 aliphatic heterocycles. The molecule has 1 saturated carbocycles. The van der Waals surface area contributed by atoms with Gasteiger partial charge < -0.3 is 38.6 Å². The molecule has 2 fully saturated rings. The average Bonchev–Trinajstić information content (AvgIpc) is 3.99. The molecule has 7 rings (SSSR count). The van der Waals surface area contributed by atoms with Crippen LogP contribution >= 0.6 is 8.45 Å². The Morgan fingerprint density at radius 1 is 0.767 bits per heavy atom. The number of esters is 1. The van der Waals surface area contributed by atoms with E-state index in [4.69, 9.17) is 38.3 Å². The number of amides is 2.